The van der Waals surface area contributed by atoms with Gasteiger partial charge in [-0.1, -0.05) is 0 Å². The summed E-state index contributed by atoms with van der Waals surface area (Å²) in [5, 5.41) is 6.63. The van der Waals surface area contributed by atoms with Crippen molar-refractivity contribution in [2.24, 2.45) is 23.2 Å². The van der Waals surface area contributed by atoms with Crippen LogP contribution in [0.25, 0.3) is 0 Å². The highest BCUT2D eigenvalue weighted by Gasteiger charge is 2.51. The molecule has 2 N–H and O–H groups in total. The molecule has 4 aliphatic carbocycles. The maximum atomic E-state index is 12.8. The van der Waals surface area contributed by atoms with E-state index in [9.17, 15) is 4.79 Å². The molecule has 5 rings (SSSR count). The van der Waals surface area contributed by atoms with E-state index in [-0.39, 0.29) is 5.91 Å². The fraction of sp³-hybridized carbons (Fsp3) is 0.944. The summed E-state index contributed by atoms with van der Waals surface area (Å²) in [7, 11) is 1.69. The van der Waals surface area contributed by atoms with E-state index in [1.165, 1.54) is 38.5 Å². The summed E-state index contributed by atoms with van der Waals surface area (Å²) < 4.78 is 5.66. The molecule has 1 amide bonds. The van der Waals surface area contributed by atoms with Crippen LogP contribution in [-0.2, 0) is 9.53 Å². The van der Waals surface area contributed by atoms with E-state index in [0.717, 1.165) is 50.2 Å². The topological polar surface area (TPSA) is 50.4 Å². The van der Waals surface area contributed by atoms with Gasteiger partial charge in [0.05, 0.1) is 0 Å². The molecule has 0 radical (unpaired) electrons. The minimum absolute atomic E-state index is 0.132. The quantitative estimate of drug-likeness (QED) is 0.836. The van der Waals surface area contributed by atoms with Gasteiger partial charge in [0, 0.05) is 13.7 Å². The normalized spacial score (nSPS) is 42.3. The first-order valence-electron chi connectivity index (χ1n) is 9.17. The third kappa shape index (κ3) is 2.48. The zero-order valence-corrected chi connectivity index (χ0v) is 13.8. The maximum Gasteiger partial charge on any atom is 0.252 e. The summed E-state index contributed by atoms with van der Waals surface area (Å²) in [6.07, 6.45) is 10.00. The lowest BCUT2D eigenvalue weighted by Crippen LogP contribution is -2.57. The number of nitrogens with one attached hydrogen (secondary N) is 2. The first-order valence-corrected chi connectivity index (χ1v) is 9.17. The van der Waals surface area contributed by atoms with Gasteiger partial charge in [-0.05, 0) is 87.6 Å². The summed E-state index contributed by atoms with van der Waals surface area (Å²) in [6, 6.07) is 0. The second-order valence-corrected chi connectivity index (χ2v) is 8.55. The highest BCUT2D eigenvalue weighted by molar-refractivity contribution is 5.85. The van der Waals surface area contributed by atoms with Gasteiger partial charge in [0.25, 0.3) is 5.91 Å². The van der Waals surface area contributed by atoms with E-state index >= 15 is 0 Å². The third-order valence-electron chi connectivity index (χ3n) is 7.00. The Morgan fingerprint density at radius 2 is 1.64 bits per heavy atom. The Kier molecular flexibility index (Phi) is 3.73. The Morgan fingerprint density at radius 1 is 1.09 bits per heavy atom. The number of carbonyl (C=O) groups excluding carboxylic acids is 1. The minimum atomic E-state index is -0.590. The lowest BCUT2D eigenvalue weighted by molar-refractivity contribution is -0.148. The molecule has 5 fully saturated rings. The van der Waals surface area contributed by atoms with Crippen molar-refractivity contribution in [2.45, 2.75) is 57.0 Å². The number of ether oxygens (including phenoxy) is 1. The van der Waals surface area contributed by atoms with E-state index in [4.69, 9.17) is 4.74 Å². The van der Waals surface area contributed by atoms with Crippen LogP contribution in [0, 0.1) is 23.2 Å². The van der Waals surface area contributed by atoms with Crippen molar-refractivity contribution in [1.29, 1.82) is 0 Å². The molecule has 0 atom stereocenters. The molecule has 4 saturated carbocycles. The number of carbonyl (C=O) groups is 1. The molecule has 4 heteroatoms. The molecule has 0 spiro atoms. The zero-order valence-electron chi connectivity index (χ0n) is 13.8. The molecule has 1 heterocycles. The van der Waals surface area contributed by atoms with Crippen LogP contribution in [-0.4, -0.2) is 38.3 Å². The highest BCUT2D eigenvalue weighted by Crippen LogP contribution is 2.59. The van der Waals surface area contributed by atoms with Crippen molar-refractivity contribution < 1.29 is 9.53 Å². The first kappa shape index (κ1) is 14.9. The Morgan fingerprint density at radius 3 is 2.14 bits per heavy atom. The van der Waals surface area contributed by atoms with Gasteiger partial charge in [0.1, 0.15) is 5.60 Å². The Hall–Kier alpha value is -0.610. The molecule has 4 bridgehead atoms. The van der Waals surface area contributed by atoms with Crippen molar-refractivity contribution in [3.8, 4) is 0 Å². The second-order valence-electron chi connectivity index (χ2n) is 8.55. The lowest BCUT2D eigenvalue weighted by atomic mass is 9.49. The second kappa shape index (κ2) is 5.48. The van der Waals surface area contributed by atoms with Crippen molar-refractivity contribution in [1.82, 2.24) is 10.6 Å². The number of hydrogen-bond donors (Lipinski definition) is 2. The monoisotopic (exact) mass is 306 g/mol. The SMILES string of the molecule is COC1(C(=O)NCC23CC4CC(CC(C4)C2)C3)CCNCC1. The molecule has 1 saturated heterocycles. The van der Waals surface area contributed by atoms with Crippen LogP contribution >= 0.6 is 0 Å². The van der Waals surface area contributed by atoms with Gasteiger partial charge in [0.2, 0.25) is 0 Å². The minimum Gasteiger partial charge on any atom is -0.368 e. The summed E-state index contributed by atoms with van der Waals surface area (Å²) in [5.74, 6) is 2.96. The van der Waals surface area contributed by atoms with Gasteiger partial charge in [-0.25, -0.2) is 0 Å². The fourth-order valence-corrected chi connectivity index (χ4v) is 6.29. The molecular weight excluding hydrogens is 276 g/mol. The van der Waals surface area contributed by atoms with Gasteiger partial charge in [-0.15, -0.1) is 0 Å². The molecule has 5 aliphatic rings. The average Bonchev–Trinajstić information content (AvgIpc) is 2.52. The van der Waals surface area contributed by atoms with Gasteiger partial charge in [-0.2, -0.15) is 0 Å². The molecule has 1 aliphatic heterocycles. The van der Waals surface area contributed by atoms with Crippen LogP contribution in [0.5, 0.6) is 0 Å². The van der Waals surface area contributed by atoms with Crippen LogP contribution < -0.4 is 10.6 Å². The Bertz CT molecular complexity index is 407. The number of methoxy groups -OCH3 is 1. The van der Waals surface area contributed by atoms with Crippen molar-refractivity contribution in [2.75, 3.05) is 26.7 Å². The standard InChI is InChI=1S/C18H30N2O2/c1-22-18(2-4-19-5-3-18)16(21)20-12-17-9-13-6-14(10-17)8-15(7-13)11-17/h13-15,19H,2-12H2,1H3,(H,20,21). The van der Waals surface area contributed by atoms with Crippen LogP contribution in [0.4, 0.5) is 0 Å². The molecule has 0 aromatic carbocycles. The highest BCUT2D eigenvalue weighted by atomic mass is 16.5. The first-order chi connectivity index (χ1) is 10.6. The molecule has 22 heavy (non-hydrogen) atoms. The summed E-state index contributed by atoms with van der Waals surface area (Å²) in [6.45, 7) is 2.63. The number of piperidine rings is 1. The lowest BCUT2D eigenvalue weighted by Gasteiger charge is -2.57. The van der Waals surface area contributed by atoms with E-state index in [1.807, 2.05) is 0 Å². The molecule has 124 valence electrons. The Balaban J connectivity index is 1.41. The fourth-order valence-electron chi connectivity index (χ4n) is 6.29. The third-order valence-corrected chi connectivity index (χ3v) is 7.00. The van der Waals surface area contributed by atoms with E-state index < -0.39 is 5.60 Å². The van der Waals surface area contributed by atoms with Crippen LogP contribution in [0.1, 0.15) is 51.4 Å². The van der Waals surface area contributed by atoms with E-state index in [1.54, 1.807) is 7.11 Å². The summed E-state index contributed by atoms with van der Waals surface area (Å²) in [4.78, 5) is 12.8. The summed E-state index contributed by atoms with van der Waals surface area (Å²) in [5.41, 5.74) is -0.181. The van der Waals surface area contributed by atoms with Gasteiger partial charge >= 0.3 is 0 Å². The Labute approximate surface area is 133 Å². The van der Waals surface area contributed by atoms with Crippen molar-refractivity contribution in [3.63, 3.8) is 0 Å². The maximum absolute atomic E-state index is 12.8. The van der Waals surface area contributed by atoms with Crippen molar-refractivity contribution in [3.05, 3.63) is 0 Å². The average molecular weight is 306 g/mol. The predicted molar refractivity (Wildman–Crippen MR) is 85.5 cm³/mol. The van der Waals surface area contributed by atoms with Gasteiger partial charge < -0.3 is 15.4 Å². The van der Waals surface area contributed by atoms with Gasteiger partial charge in [0.15, 0.2) is 0 Å². The van der Waals surface area contributed by atoms with Crippen LogP contribution in [0.2, 0.25) is 0 Å². The molecule has 4 nitrogen and oxygen atoms in total. The molecule has 0 aromatic rings. The largest absolute Gasteiger partial charge is 0.368 e. The molecule has 0 unspecified atom stereocenters. The number of amides is 1. The van der Waals surface area contributed by atoms with Crippen molar-refractivity contribution >= 4 is 5.91 Å². The summed E-state index contributed by atoms with van der Waals surface area (Å²) >= 11 is 0. The van der Waals surface area contributed by atoms with E-state index in [2.05, 4.69) is 10.6 Å². The molecular formula is C18H30N2O2. The number of hydrogen-bond acceptors (Lipinski definition) is 3. The zero-order chi connectivity index (χ0) is 15.2. The van der Waals surface area contributed by atoms with Crippen LogP contribution in [0.3, 0.4) is 0 Å². The predicted octanol–water partition coefficient (Wildman–Crippen LogP) is 2.09. The smallest absolute Gasteiger partial charge is 0.252 e. The number of rotatable bonds is 4. The van der Waals surface area contributed by atoms with E-state index in [0.29, 0.717) is 5.41 Å². The molecule has 0 aromatic heterocycles. The van der Waals surface area contributed by atoms with Gasteiger partial charge in [-0.3, -0.25) is 4.79 Å². The van der Waals surface area contributed by atoms with Crippen LogP contribution in [0.15, 0.2) is 0 Å².